The fourth-order valence-corrected chi connectivity index (χ4v) is 5.32. The first-order chi connectivity index (χ1) is 17.5. The molecule has 0 radical (unpaired) electrons. The van der Waals surface area contributed by atoms with E-state index < -0.39 is 0 Å². The third kappa shape index (κ3) is 5.21. The van der Waals surface area contributed by atoms with E-state index in [2.05, 4.69) is 46.5 Å². The molecule has 7 heteroatoms. The van der Waals surface area contributed by atoms with E-state index in [9.17, 15) is 9.59 Å². The maximum absolute atomic E-state index is 12.8. The van der Waals surface area contributed by atoms with Crippen molar-refractivity contribution >= 4 is 27.7 Å². The Hall–Kier alpha value is -3.45. The molecule has 1 aliphatic rings. The number of nitrogens with one attached hydrogen (secondary N) is 1. The van der Waals surface area contributed by atoms with E-state index in [0.29, 0.717) is 30.8 Å². The van der Waals surface area contributed by atoms with Gasteiger partial charge >= 0.3 is 0 Å². The van der Waals surface area contributed by atoms with Crippen LogP contribution in [0.3, 0.4) is 0 Å². The molecule has 5 rings (SSSR count). The Kier molecular flexibility index (Phi) is 7.18. The molecule has 0 spiro atoms. The topological polar surface area (TPSA) is 72.2 Å². The molecule has 188 valence electrons. The molecule has 3 heterocycles. The SMILES string of the molecule is Cc1ccc(CN2CCC(CNC(=O)CCCn3c4ccccc4c4cnn(C)c(=O)c43)CC2)cc1. The molecule has 1 amide bonds. The van der Waals surface area contributed by atoms with Crippen molar-refractivity contribution in [2.45, 2.75) is 45.7 Å². The second kappa shape index (κ2) is 10.7. The summed E-state index contributed by atoms with van der Waals surface area (Å²) in [7, 11) is 1.67. The van der Waals surface area contributed by atoms with Crippen LogP contribution in [-0.4, -0.2) is 44.8 Å². The van der Waals surface area contributed by atoms with Crippen LogP contribution in [0.25, 0.3) is 21.8 Å². The number of fused-ring (bicyclic) bond motifs is 3. The van der Waals surface area contributed by atoms with Gasteiger partial charge < -0.3 is 9.88 Å². The van der Waals surface area contributed by atoms with Crippen LogP contribution >= 0.6 is 0 Å². The molecule has 0 saturated carbocycles. The van der Waals surface area contributed by atoms with E-state index in [1.807, 2.05) is 28.8 Å². The van der Waals surface area contributed by atoms with Crippen molar-refractivity contribution in [1.82, 2.24) is 24.6 Å². The van der Waals surface area contributed by atoms with Gasteiger partial charge in [0.2, 0.25) is 5.91 Å². The Morgan fingerprint density at radius 3 is 2.58 bits per heavy atom. The fraction of sp³-hybridized carbons (Fsp3) is 0.414. The summed E-state index contributed by atoms with van der Waals surface area (Å²) in [6.07, 6.45) is 5.12. The Morgan fingerprint density at radius 1 is 1.06 bits per heavy atom. The smallest absolute Gasteiger partial charge is 0.291 e. The number of amides is 1. The third-order valence-electron chi connectivity index (χ3n) is 7.47. The second-order valence-electron chi connectivity index (χ2n) is 10.1. The molecule has 2 aromatic heterocycles. The minimum absolute atomic E-state index is 0.0902. The molecule has 2 aromatic carbocycles. The summed E-state index contributed by atoms with van der Waals surface area (Å²) in [5, 5.41) is 9.25. The molecule has 0 aliphatic carbocycles. The number of aromatic nitrogens is 3. The van der Waals surface area contributed by atoms with Gasteiger partial charge in [0, 0.05) is 49.4 Å². The van der Waals surface area contributed by atoms with Crippen molar-refractivity contribution in [3.05, 3.63) is 76.2 Å². The highest BCUT2D eigenvalue weighted by Gasteiger charge is 2.20. The van der Waals surface area contributed by atoms with Crippen molar-refractivity contribution in [2.24, 2.45) is 13.0 Å². The molecule has 0 unspecified atom stereocenters. The zero-order chi connectivity index (χ0) is 25.1. The van der Waals surface area contributed by atoms with Crippen molar-refractivity contribution in [3.8, 4) is 0 Å². The number of hydrogen-bond acceptors (Lipinski definition) is 4. The Bertz CT molecular complexity index is 1410. The molecule has 7 nitrogen and oxygen atoms in total. The Balaban J connectivity index is 1.11. The summed E-state index contributed by atoms with van der Waals surface area (Å²) in [4.78, 5) is 27.9. The molecule has 0 bridgehead atoms. The first-order valence-electron chi connectivity index (χ1n) is 13.0. The summed E-state index contributed by atoms with van der Waals surface area (Å²) >= 11 is 0. The minimum atomic E-state index is -0.109. The normalized spacial score (nSPS) is 15.1. The van der Waals surface area contributed by atoms with Gasteiger partial charge in [-0.25, -0.2) is 4.68 Å². The molecule has 36 heavy (non-hydrogen) atoms. The molecule has 1 saturated heterocycles. The molecule has 4 aromatic rings. The largest absolute Gasteiger partial charge is 0.356 e. The first kappa shape index (κ1) is 24.3. The molecule has 1 fully saturated rings. The van der Waals surface area contributed by atoms with Crippen molar-refractivity contribution < 1.29 is 4.79 Å². The molecule has 1 aliphatic heterocycles. The third-order valence-corrected chi connectivity index (χ3v) is 7.47. The highest BCUT2D eigenvalue weighted by atomic mass is 16.1. The summed E-state index contributed by atoms with van der Waals surface area (Å²) < 4.78 is 3.42. The summed E-state index contributed by atoms with van der Waals surface area (Å²) in [6, 6.07) is 16.8. The number of hydrogen-bond donors (Lipinski definition) is 1. The average Bonchev–Trinajstić information content (AvgIpc) is 3.21. The van der Waals surface area contributed by atoms with Gasteiger partial charge in [-0.1, -0.05) is 48.0 Å². The van der Waals surface area contributed by atoms with Crippen LogP contribution in [0.5, 0.6) is 0 Å². The van der Waals surface area contributed by atoms with Crippen LogP contribution in [0, 0.1) is 12.8 Å². The summed E-state index contributed by atoms with van der Waals surface area (Å²) in [5.74, 6) is 0.628. The van der Waals surface area contributed by atoms with E-state index in [4.69, 9.17) is 0 Å². The lowest BCUT2D eigenvalue weighted by Crippen LogP contribution is -2.38. The molecule has 1 N–H and O–H groups in total. The minimum Gasteiger partial charge on any atom is -0.356 e. The van der Waals surface area contributed by atoms with E-state index >= 15 is 0 Å². The zero-order valence-corrected chi connectivity index (χ0v) is 21.2. The van der Waals surface area contributed by atoms with Gasteiger partial charge in [0.1, 0.15) is 5.52 Å². The maximum atomic E-state index is 12.8. The molecule has 0 atom stereocenters. The molecular formula is C29H35N5O2. The Labute approximate surface area is 211 Å². The lowest BCUT2D eigenvalue weighted by Gasteiger charge is -2.32. The quantitative estimate of drug-likeness (QED) is 0.409. The lowest BCUT2D eigenvalue weighted by molar-refractivity contribution is -0.121. The number of aryl methyl sites for hydroxylation is 3. The number of likely N-dealkylation sites (tertiary alicyclic amines) is 1. The predicted molar refractivity (Wildman–Crippen MR) is 144 cm³/mol. The van der Waals surface area contributed by atoms with Gasteiger partial charge in [-0.3, -0.25) is 14.5 Å². The second-order valence-corrected chi connectivity index (χ2v) is 10.1. The van der Waals surface area contributed by atoms with Gasteiger partial charge in [0.05, 0.1) is 6.20 Å². The van der Waals surface area contributed by atoms with Crippen LogP contribution in [0.1, 0.15) is 36.8 Å². The summed E-state index contributed by atoms with van der Waals surface area (Å²) in [5.41, 5.74) is 4.22. The van der Waals surface area contributed by atoms with E-state index in [-0.39, 0.29) is 11.5 Å². The average molecular weight is 486 g/mol. The number of para-hydroxylation sites is 1. The number of rotatable bonds is 8. The number of nitrogens with zero attached hydrogens (tertiary/aromatic N) is 4. The van der Waals surface area contributed by atoms with Crippen molar-refractivity contribution in [3.63, 3.8) is 0 Å². The van der Waals surface area contributed by atoms with Gasteiger partial charge in [-0.2, -0.15) is 5.10 Å². The van der Waals surface area contributed by atoms with E-state index in [1.54, 1.807) is 13.2 Å². The maximum Gasteiger partial charge on any atom is 0.291 e. The van der Waals surface area contributed by atoms with Crippen molar-refractivity contribution in [2.75, 3.05) is 19.6 Å². The van der Waals surface area contributed by atoms with Gasteiger partial charge in [0.25, 0.3) is 5.56 Å². The highest BCUT2D eigenvalue weighted by Crippen LogP contribution is 2.26. The van der Waals surface area contributed by atoms with Gasteiger partial charge in [-0.15, -0.1) is 0 Å². The van der Waals surface area contributed by atoms with Crippen LogP contribution < -0.4 is 10.9 Å². The van der Waals surface area contributed by atoms with Crippen LogP contribution in [0.2, 0.25) is 0 Å². The first-order valence-corrected chi connectivity index (χ1v) is 13.0. The number of carbonyl (C=O) groups is 1. The van der Waals surface area contributed by atoms with Crippen molar-refractivity contribution in [1.29, 1.82) is 0 Å². The number of benzene rings is 2. The Morgan fingerprint density at radius 2 is 1.81 bits per heavy atom. The predicted octanol–water partition coefficient (Wildman–Crippen LogP) is 4.01. The highest BCUT2D eigenvalue weighted by molar-refractivity contribution is 6.07. The number of piperidine rings is 1. The van der Waals surface area contributed by atoms with Crippen LogP contribution in [0.4, 0.5) is 0 Å². The van der Waals surface area contributed by atoms with E-state index in [0.717, 1.165) is 55.3 Å². The van der Waals surface area contributed by atoms with Crippen LogP contribution in [0.15, 0.2) is 59.5 Å². The molecular weight excluding hydrogens is 450 g/mol. The monoisotopic (exact) mass is 485 g/mol. The van der Waals surface area contributed by atoms with E-state index in [1.165, 1.54) is 15.8 Å². The van der Waals surface area contributed by atoms with Gasteiger partial charge in [0.15, 0.2) is 0 Å². The summed E-state index contributed by atoms with van der Waals surface area (Å²) in [6.45, 7) is 6.64. The zero-order valence-electron chi connectivity index (χ0n) is 21.2. The van der Waals surface area contributed by atoms with Gasteiger partial charge in [-0.05, 0) is 56.8 Å². The number of carbonyl (C=O) groups excluding carboxylic acids is 1. The fourth-order valence-electron chi connectivity index (χ4n) is 5.32. The van der Waals surface area contributed by atoms with Crippen LogP contribution in [-0.2, 0) is 24.9 Å². The lowest BCUT2D eigenvalue weighted by atomic mass is 9.96. The standard InChI is InChI=1S/C29H35N5O2/c1-21-9-11-23(12-10-21)20-33-16-13-22(14-17-33)18-30-27(35)8-5-15-34-26-7-4-3-6-24(26)25-19-31-32(2)29(36)28(25)34/h3-4,6-7,9-12,19,22H,5,8,13-18,20H2,1-2H3,(H,30,35).